The first-order valence-corrected chi connectivity index (χ1v) is 10.1. The molecule has 9 heteroatoms. The van der Waals surface area contributed by atoms with Crippen molar-refractivity contribution >= 4 is 31.7 Å². The molecule has 2 rings (SSSR count). The zero-order chi connectivity index (χ0) is 17.4. The van der Waals surface area contributed by atoms with Crippen molar-refractivity contribution in [2.75, 3.05) is 31.9 Å². The van der Waals surface area contributed by atoms with Gasteiger partial charge in [-0.2, -0.15) is 0 Å². The molecule has 7 nitrogen and oxygen atoms in total. The van der Waals surface area contributed by atoms with Gasteiger partial charge in [0.05, 0.1) is 5.75 Å². The first-order valence-electron chi connectivity index (χ1n) is 7.61. The second kappa shape index (κ2) is 6.47. The van der Waals surface area contributed by atoms with Gasteiger partial charge in [-0.3, -0.25) is 4.79 Å². The molecule has 0 radical (unpaired) electrons. The maximum atomic E-state index is 11.9. The largest absolute Gasteiger partial charge is 0.444 e. The lowest BCUT2D eigenvalue weighted by atomic mass is 10.0. The molecule has 0 spiro atoms. The maximum Gasteiger partial charge on any atom is 0.410 e. The minimum Gasteiger partial charge on any atom is -0.444 e. The number of rotatable bonds is 4. The number of carbonyl (C=O) groups excluding carboxylic acids is 2. The summed E-state index contributed by atoms with van der Waals surface area (Å²) < 4.78 is 27.5. The third-order valence-corrected chi connectivity index (χ3v) is 5.06. The minimum absolute atomic E-state index is 0.0500. The van der Waals surface area contributed by atoms with Gasteiger partial charge in [-0.1, -0.05) is 0 Å². The van der Waals surface area contributed by atoms with Crippen LogP contribution in [0.4, 0.5) is 4.79 Å². The summed E-state index contributed by atoms with van der Waals surface area (Å²) in [7, 11) is 1.66. The summed E-state index contributed by atoms with van der Waals surface area (Å²) in [5.74, 6) is -0.262. The third kappa shape index (κ3) is 5.53. The van der Waals surface area contributed by atoms with Gasteiger partial charge in [0.25, 0.3) is 0 Å². The standard InChI is InChI=1S/C14H23ClN2O5S/c1-14(2,3)22-13(19)17-7-11(8-17)6-16-5-10(4-12(16)18)9-23(15,20)21/h10-11H,4-9H2,1-3H3. The van der Waals surface area contributed by atoms with Crippen molar-refractivity contribution < 1.29 is 22.7 Å². The average Bonchev–Trinajstić information content (AvgIpc) is 2.57. The summed E-state index contributed by atoms with van der Waals surface area (Å²) in [4.78, 5) is 27.0. The second-order valence-corrected chi connectivity index (χ2v) is 10.1. The Morgan fingerprint density at radius 1 is 1.26 bits per heavy atom. The number of ether oxygens (including phenoxy) is 1. The third-order valence-electron chi connectivity index (χ3n) is 3.82. The van der Waals surface area contributed by atoms with Crippen molar-refractivity contribution in [2.24, 2.45) is 11.8 Å². The molecule has 2 heterocycles. The highest BCUT2D eigenvalue weighted by Crippen LogP contribution is 2.25. The highest BCUT2D eigenvalue weighted by molar-refractivity contribution is 8.13. The van der Waals surface area contributed by atoms with E-state index in [9.17, 15) is 18.0 Å². The van der Waals surface area contributed by atoms with Crippen molar-refractivity contribution in [2.45, 2.75) is 32.8 Å². The van der Waals surface area contributed by atoms with Crippen molar-refractivity contribution in [3.05, 3.63) is 0 Å². The van der Waals surface area contributed by atoms with Crippen LogP contribution in [0.15, 0.2) is 0 Å². The van der Waals surface area contributed by atoms with E-state index in [4.69, 9.17) is 15.4 Å². The fraction of sp³-hybridized carbons (Fsp3) is 0.857. The molecule has 0 N–H and O–H groups in total. The van der Waals surface area contributed by atoms with E-state index in [2.05, 4.69) is 0 Å². The normalized spacial score (nSPS) is 23.1. The molecule has 0 bridgehead atoms. The van der Waals surface area contributed by atoms with E-state index in [0.29, 0.717) is 26.2 Å². The number of hydrogen-bond acceptors (Lipinski definition) is 5. The highest BCUT2D eigenvalue weighted by atomic mass is 35.7. The molecule has 0 saturated carbocycles. The molecule has 23 heavy (non-hydrogen) atoms. The van der Waals surface area contributed by atoms with Crippen LogP contribution >= 0.6 is 10.7 Å². The number of carbonyl (C=O) groups is 2. The van der Waals surface area contributed by atoms with Gasteiger partial charge in [-0.05, 0) is 20.8 Å². The van der Waals surface area contributed by atoms with Crippen molar-refractivity contribution in [3.8, 4) is 0 Å². The van der Waals surface area contributed by atoms with Crippen LogP contribution in [0.2, 0.25) is 0 Å². The monoisotopic (exact) mass is 366 g/mol. The summed E-state index contributed by atoms with van der Waals surface area (Å²) in [6.45, 7) is 7.50. The quantitative estimate of drug-likeness (QED) is 0.699. The fourth-order valence-corrected chi connectivity index (χ4v) is 4.22. The van der Waals surface area contributed by atoms with E-state index in [1.54, 1.807) is 9.80 Å². The van der Waals surface area contributed by atoms with Crippen LogP contribution in [0.3, 0.4) is 0 Å². The molecule has 0 aromatic rings. The minimum atomic E-state index is -3.59. The molecule has 2 aliphatic heterocycles. The Hall–Kier alpha value is -1.02. The molecule has 1 atom stereocenters. The predicted octanol–water partition coefficient (Wildman–Crippen LogP) is 1.27. The number of amides is 2. The average molecular weight is 367 g/mol. The molecule has 132 valence electrons. The molecule has 1 unspecified atom stereocenters. The summed E-state index contributed by atoms with van der Waals surface area (Å²) in [6, 6.07) is 0. The molecule has 2 amide bonds. The van der Waals surface area contributed by atoms with Gasteiger partial charge >= 0.3 is 6.09 Å². The molecule has 2 saturated heterocycles. The Bertz CT molecular complexity index is 580. The molecule has 2 fully saturated rings. The molecule has 0 aromatic heterocycles. The van der Waals surface area contributed by atoms with Crippen LogP contribution in [0.25, 0.3) is 0 Å². The van der Waals surface area contributed by atoms with E-state index in [-0.39, 0.29) is 36.0 Å². The SMILES string of the molecule is CC(C)(C)OC(=O)N1CC(CN2CC(CS(=O)(=O)Cl)CC2=O)C1. The van der Waals surface area contributed by atoms with E-state index in [1.165, 1.54) is 0 Å². The first kappa shape index (κ1) is 18.3. The van der Waals surface area contributed by atoms with Crippen LogP contribution in [0.1, 0.15) is 27.2 Å². The number of halogens is 1. The molecule has 0 aromatic carbocycles. The molecular formula is C14H23ClN2O5S. The molecular weight excluding hydrogens is 344 g/mol. The van der Waals surface area contributed by atoms with Gasteiger partial charge in [-0.25, -0.2) is 13.2 Å². The number of likely N-dealkylation sites (tertiary alicyclic amines) is 2. The lowest BCUT2D eigenvalue weighted by Crippen LogP contribution is -2.55. The molecule has 0 aliphatic carbocycles. The predicted molar refractivity (Wildman–Crippen MR) is 85.6 cm³/mol. The second-order valence-electron chi connectivity index (χ2n) is 7.33. The summed E-state index contributed by atoms with van der Waals surface area (Å²) in [6.07, 6.45) is -0.123. The Morgan fingerprint density at radius 3 is 2.39 bits per heavy atom. The first-order chi connectivity index (χ1) is 10.4. The van der Waals surface area contributed by atoms with Gasteiger partial charge in [-0.15, -0.1) is 0 Å². The number of nitrogens with zero attached hydrogens (tertiary/aromatic N) is 2. The fourth-order valence-electron chi connectivity index (χ4n) is 2.90. The molecule has 2 aliphatic rings. The Labute approximate surface area is 141 Å². The Morgan fingerprint density at radius 2 is 1.87 bits per heavy atom. The Kier molecular flexibility index (Phi) is 5.15. The van der Waals surface area contributed by atoms with Gasteiger partial charge in [0.15, 0.2) is 0 Å². The van der Waals surface area contributed by atoms with E-state index >= 15 is 0 Å². The van der Waals surface area contributed by atoms with Crippen LogP contribution in [-0.2, 0) is 18.6 Å². The zero-order valence-corrected chi connectivity index (χ0v) is 15.2. The summed E-state index contributed by atoms with van der Waals surface area (Å²) >= 11 is 0. The summed E-state index contributed by atoms with van der Waals surface area (Å²) in [5, 5.41) is 0. The van der Waals surface area contributed by atoms with E-state index < -0.39 is 14.7 Å². The Balaban J connectivity index is 1.76. The highest BCUT2D eigenvalue weighted by Gasteiger charge is 2.38. The van der Waals surface area contributed by atoms with Gasteiger partial charge in [0, 0.05) is 55.1 Å². The lowest BCUT2D eigenvalue weighted by Gasteiger charge is -2.41. The van der Waals surface area contributed by atoms with Crippen molar-refractivity contribution in [3.63, 3.8) is 0 Å². The van der Waals surface area contributed by atoms with E-state index in [1.807, 2.05) is 20.8 Å². The van der Waals surface area contributed by atoms with Crippen LogP contribution in [0.5, 0.6) is 0 Å². The van der Waals surface area contributed by atoms with Gasteiger partial charge in [0.1, 0.15) is 5.60 Å². The van der Waals surface area contributed by atoms with Crippen molar-refractivity contribution in [1.82, 2.24) is 9.80 Å². The smallest absolute Gasteiger partial charge is 0.410 e. The lowest BCUT2D eigenvalue weighted by molar-refractivity contribution is -0.128. The number of hydrogen-bond donors (Lipinski definition) is 0. The van der Waals surface area contributed by atoms with Gasteiger partial charge in [0.2, 0.25) is 15.0 Å². The van der Waals surface area contributed by atoms with Crippen LogP contribution in [0, 0.1) is 11.8 Å². The zero-order valence-electron chi connectivity index (χ0n) is 13.6. The topological polar surface area (TPSA) is 84.0 Å². The van der Waals surface area contributed by atoms with Gasteiger partial charge < -0.3 is 14.5 Å². The van der Waals surface area contributed by atoms with Crippen LogP contribution in [-0.4, -0.2) is 67.8 Å². The maximum absolute atomic E-state index is 11.9. The van der Waals surface area contributed by atoms with E-state index in [0.717, 1.165) is 0 Å². The summed E-state index contributed by atoms with van der Waals surface area (Å²) in [5.41, 5.74) is -0.520. The van der Waals surface area contributed by atoms with Crippen molar-refractivity contribution in [1.29, 1.82) is 0 Å². The van der Waals surface area contributed by atoms with Crippen LogP contribution < -0.4 is 0 Å².